The van der Waals surface area contributed by atoms with Gasteiger partial charge in [-0.15, -0.1) is 0 Å². The highest BCUT2D eigenvalue weighted by molar-refractivity contribution is 5.28. The van der Waals surface area contributed by atoms with Crippen LogP contribution in [0.2, 0.25) is 0 Å². The molecule has 0 aliphatic carbocycles. The largest absolute Gasteiger partial charge is 0.506 e. The number of hydrogen-bond acceptors (Lipinski definition) is 2. The molecule has 12 heavy (non-hydrogen) atoms. The lowest BCUT2D eigenvalue weighted by Crippen LogP contribution is -2.09. The number of hydrogen-bond donors (Lipinski definition) is 1. The zero-order chi connectivity index (χ0) is 13.6. The van der Waals surface area contributed by atoms with Crippen molar-refractivity contribution in [1.29, 1.82) is 0 Å². The summed E-state index contributed by atoms with van der Waals surface area (Å²) >= 11 is 0. The van der Waals surface area contributed by atoms with Crippen LogP contribution in [0.4, 0.5) is 13.2 Å². The monoisotopic (exact) mass is 182 g/mol. The summed E-state index contributed by atoms with van der Waals surface area (Å²) in [6.45, 7) is -3.25. The van der Waals surface area contributed by atoms with E-state index in [9.17, 15) is 13.2 Å². The number of aromatic nitrogens is 1. The molecule has 1 N–H and O–H groups in total. The van der Waals surface area contributed by atoms with Gasteiger partial charge in [0, 0.05) is 4.11 Å². The zero-order valence-corrected chi connectivity index (χ0v) is 5.53. The van der Waals surface area contributed by atoms with E-state index in [-0.39, 0.29) is 0 Å². The van der Waals surface area contributed by atoms with Gasteiger partial charge in [0.1, 0.15) is 11.4 Å². The minimum absolute atomic E-state index is 1.18. The molecule has 0 aromatic carbocycles. The smallest absolute Gasteiger partial charge is 0.433 e. The van der Waals surface area contributed by atoms with Gasteiger partial charge in [0.05, 0.1) is 8.91 Å². The number of aromatic hydroxyl groups is 1. The molecule has 5 heteroatoms. The van der Waals surface area contributed by atoms with Crippen LogP contribution in [-0.2, 0) is 6.18 Å². The molecule has 2 nitrogen and oxygen atoms in total. The second-order valence-corrected chi connectivity index (χ2v) is 1.92. The Kier molecular flexibility index (Phi) is 0.910. The summed E-state index contributed by atoms with van der Waals surface area (Å²) < 4.78 is 72.3. The summed E-state index contributed by atoms with van der Waals surface area (Å²) in [6.07, 6.45) is -6.29. The van der Waals surface area contributed by atoms with Gasteiger partial charge in [-0.25, -0.2) is 4.98 Å². The Morgan fingerprint density at radius 2 is 2.33 bits per heavy atom. The van der Waals surface area contributed by atoms with Crippen molar-refractivity contribution < 1.29 is 25.1 Å². The van der Waals surface area contributed by atoms with E-state index >= 15 is 0 Å². The first kappa shape index (κ1) is 4.11. The van der Waals surface area contributed by atoms with Gasteiger partial charge in [-0.05, 0) is 18.5 Å². The molecular formula is C7H6F3NO. The van der Waals surface area contributed by atoms with E-state index in [0.29, 0.717) is 0 Å². The van der Waals surface area contributed by atoms with Crippen LogP contribution < -0.4 is 0 Å². The van der Waals surface area contributed by atoms with Crippen LogP contribution >= 0.6 is 0 Å². The highest BCUT2D eigenvalue weighted by Crippen LogP contribution is 2.30. The maximum atomic E-state index is 12.5. The lowest BCUT2D eigenvalue weighted by molar-refractivity contribution is -0.141. The Balaban J connectivity index is 3.71. The van der Waals surface area contributed by atoms with Crippen molar-refractivity contribution >= 4 is 0 Å². The molecule has 0 amide bonds. The van der Waals surface area contributed by atoms with Crippen LogP contribution in [0.3, 0.4) is 0 Å². The normalized spacial score (nSPS) is 18.8. The first-order valence-electron chi connectivity index (χ1n) is 5.24. The van der Waals surface area contributed by atoms with Crippen molar-refractivity contribution in [3.05, 3.63) is 23.5 Å². The van der Waals surface area contributed by atoms with Gasteiger partial charge in [0.2, 0.25) is 0 Å². The molecule has 0 bridgehead atoms. The molecule has 0 aliphatic rings. The van der Waals surface area contributed by atoms with Gasteiger partial charge >= 0.3 is 6.18 Å². The second kappa shape index (κ2) is 2.66. The average molecular weight is 182 g/mol. The molecule has 0 unspecified atom stereocenters. The molecule has 0 fully saturated rings. The molecule has 0 spiro atoms. The van der Waals surface area contributed by atoms with Crippen molar-refractivity contribution in [2.24, 2.45) is 0 Å². The number of alkyl halides is 3. The minimum atomic E-state index is -5.11. The second-order valence-electron chi connectivity index (χ2n) is 1.92. The molecule has 0 saturated heterocycles. The highest BCUT2D eigenvalue weighted by atomic mass is 19.4. The predicted molar refractivity (Wildman–Crippen MR) is 35.6 cm³/mol. The Hall–Kier alpha value is -1.26. The van der Waals surface area contributed by atoms with Gasteiger partial charge in [-0.1, -0.05) is 0 Å². The van der Waals surface area contributed by atoms with Gasteiger partial charge < -0.3 is 5.11 Å². The van der Waals surface area contributed by atoms with E-state index in [1.165, 1.54) is 0 Å². The van der Waals surface area contributed by atoms with Gasteiger partial charge in [0.25, 0.3) is 0 Å². The molecule has 0 radical (unpaired) electrons. The maximum absolute atomic E-state index is 12.5. The fourth-order valence-electron chi connectivity index (χ4n) is 0.575. The molecule has 0 saturated carbocycles. The molecule has 1 heterocycles. The summed E-state index contributed by atoms with van der Waals surface area (Å²) in [5, 5.41) is 9.09. The number of halogens is 3. The summed E-state index contributed by atoms with van der Waals surface area (Å²) in [6, 6.07) is -1.25. The SMILES string of the molecule is [2H]c1nc(C(F)(F)F)c(C([2H])([2H])[2H])c([2H])c1O. The zero-order valence-electron chi connectivity index (χ0n) is 10.5. The number of rotatable bonds is 0. The van der Waals surface area contributed by atoms with Crippen molar-refractivity contribution in [3.8, 4) is 5.75 Å². The van der Waals surface area contributed by atoms with Gasteiger partial charge in [-0.2, -0.15) is 13.2 Å². The molecule has 66 valence electrons. The lowest BCUT2D eigenvalue weighted by Gasteiger charge is -2.07. The summed E-state index contributed by atoms with van der Waals surface area (Å²) in [5.74, 6) is -1.19. The Bertz CT molecular complexity index is 456. The summed E-state index contributed by atoms with van der Waals surface area (Å²) in [4.78, 5) is 2.68. The Labute approximate surface area is 73.7 Å². The predicted octanol–water partition coefficient (Wildman–Crippen LogP) is 2.11. The quantitative estimate of drug-likeness (QED) is 0.666. The average Bonchev–Trinajstić information content (AvgIpc) is 2.09. The van der Waals surface area contributed by atoms with E-state index in [1.54, 1.807) is 0 Å². The molecular weight excluding hydrogens is 171 g/mol. The minimum Gasteiger partial charge on any atom is -0.506 e. The first-order valence-corrected chi connectivity index (χ1v) is 2.74. The maximum Gasteiger partial charge on any atom is 0.433 e. The van der Waals surface area contributed by atoms with E-state index in [0.717, 1.165) is 0 Å². The van der Waals surface area contributed by atoms with Crippen LogP contribution in [0, 0.1) is 6.85 Å². The van der Waals surface area contributed by atoms with Crippen LogP contribution in [0.1, 0.15) is 18.1 Å². The topological polar surface area (TPSA) is 33.1 Å². The third kappa shape index (κ3) is 1.66. The Morgan fingerprint density at radius 1 is 1.67 bits per heavy atom. The van der Waals surface area contributed by atoms with Crippen molar-refractivity contribution in [2.75, 3.05) is 0 Å². The third-order valence-electron chi connectivity index (χ3n) is 1.02. The Morgan fingerprint density at radius 3 is 2.83 bits per heavy atom. The van der Waals surface area contributed by atoms with Crippen molar-refractivity contribution in [2.45, 2.75) is 13.0 Å². The van der Waals surface area contributed by atoms with Crippen LogP contribution in [0.5, 0.6) is 5.75 Å². The van der Waals surface area contributed by atoms with Crippen LogP contribution in [-0.4, -0.2) is 10.1 Å². The van der Waals surface area contributed by atoms with Gasteiger partial charge in [-0.3, -0.25) is 0 Å². The summed E-state index contributed by atoms with van der Waals surface area (Å²) in [5.41, 5.74) is -3.25. The van der Waals surface area contributed by atoms with E-state index < -0.39 is 42.3 Å². The van der Waals surface area contributed by atoms with Gasteiger partial charge in [0.15, 0.2) is 0 Å². The van der Waals surface area contributed by atoms with Crippen molar-refractivity contribution in [1.82, 2.24) is 4.98 Å². The van der Waals surface area contributed by atoms with E-state index in [1.807, 2.05) is 0 Å². The summed E-state index contributed by atoms with van der Waals surface area (Å²) in [7, 11) is 0. The van der Waals surface area contributed by atoms with E-state index in [4.69, 9.17) is 12.0 Å². The molecule has 1 aromatic heterocycles. The first-order chi connectivity index (χ1) is 7.46. The van der Waals surface area contributed by atoms with E-state index in [2.05, 4.69) is 4.98 Å². The van der Waals surface area contributed by atoms with Crippen LogP contribution in [0.15, 0.2) is 12.2 Å². The van der Waals surface area contributed by atoms with Crippen LogP contribution in [0.25, 0.3) is 0 Å². The highest BCUT2D eigenvalue weighted by Gasteiger charge is 2.34. The molecule has 1 rings (SSSR count). The molecule has 1 aromatic rings. The number of nitrogens with zero attached hydrogens (tertiary/aromatic N) is 1. The standard InChI is InChI=1S/C7H6F3NO/c1-4-2-5(12)3-11-6(4)7(8,9)10/h2-3,12H,1H3/i1D3,2D,3D. The van der Waals surface area contributed by atoms with Crippen molar-refractivity contribution in [3.63, 3.8) is 0 Å². The third-order valence-corrected chi connectivity index (χ3v) is 1.02. The molecule has 0 atom stereocenters. The molecule has 0 aliphatic heterocycles. The fourth-order valence-corrected chi connectivity index (χ4v) is 0.575. The fraction of sp³-hybridized carbons (Fsp3) is 0.286. The number of pyridine rings is 1. The lowest BCUT2D eigenvalue weighted by atomic mass is 10.2.